The van der Waals surface area contributed by atoms with E-state index in [2.05, 4.69) is 15.3 Å². The summed E-state index contributed by atoms with van der Waals surface area (Å²) in [6, 6.07) is 16.3. The highest BCUT2D eigenvalue weighted by Gasteiger charge is 2.12. The number of nitrogens with zero attached hydrogens (tertiary/aromatic N) is 3. The molecule has 0 unspecified atom stereocenters. The highest BCUT2D eigenvalue weighted by Crippen LogP contribution is 2.25. The fraction of sp³-hybridized carbons (Fsp3) is 0.0952. The van der Waals surface area contributed by atoms with Gasteiger partial charge in [0.25, 0.3) is 5.91 Å². The first-order valence-corrected chi connectivity index (χ1v) is 9.06. The Kier molecular flexibility index (Phi) is 4.95. The lowest BCUT2D eigenvalue weighted by atomic mass is 10.1. The number of fused-ring (bicyclic) bond motifs is 1. The van der Waals surface area contributed by atoms with E-state index in [9.17, 15) is 4.79 Å². The molecule has 2 aromatic carbocycles. The zero-order valence-electron chi connectivity index (χ0n) is 15.1. The third-order valence-corrected chi connectivity index (χ3v) is 4.50. The smallest absolute Gasteiger partial charge is 0.262 e. The molecule has 0 aliphatic carbocycles. The first kappa shape index (κ1) is 18.0. The Morgan fingerprint density at radius 1 is 1.18 bits per heavy atom. The van der Waals surface area contributed by atoms with Gasteiger partial charge >= 0.3 is 0 Å². The first-order chi connectivity index (χ1) is 13.6. The van der Waals surface area contributed by atoms with Gasteiger partial charge in [-0.25, -0.2) is 9.97 Å². The third kappa shape index (κ3) is 3.82. The lowest BCUT2D eigenvalue weighted by molar-refractivity contribution is -0.118. The van der Waals surface area contributed by atoms with Crippen molar-refractivity contribution in [2.24, 2.45) is 0 Å². The molecular weight excluding hydrogens is 376 g/mol. The van der Waals surface area contributed by atoms with Crippen molar-refractivity contribution in [2.45, 2.75) is 6.92 Å². The number of anilines is 1. The van der Waals surface area contributed by atoms with Crippen molar-refractivity contribution in [2.75, 3.05) is 11.9 Å². The first-order valence-electron chi connectivity index (χ1n) is 8.68. The van der Waals surface area contributed by atoms with Crippen LogP contribution in [0.15, 0.2) is 67.0 Å². The summed E-state index contributed by atoms with van der Waals surface area (Å²) < 4.78 is 7.41. The van der Waals surface area contributed by atoms with Gasteiger partial charge in [0, 0.05) is 34.4 Å². The van der Waals surface area contributed by atoms with E-state index in [1.165, 1.54) is 0 Å². The standard InChI is InChI=1S/C21H17ClN4O2/c1-14-20(25-21-23-10-3-11-26(14)21)15-4-2-5-17(12-15)24-19(27)13-28-18-8-6-16(22)7-9-18/h2-12H,13H2,1H3,(H,24,27). The molecule has 0 fully saturated rings. The summed E-state index contributed by atoms with van der Waals surface area (Å²) in [5.74, 6) is 0.974. The number of nitrogens with one attached hydrogen (secondary N) is 1. The number of hydrogen-bond donors (Lipinski definition) is 1. The summed E-state index contributed by atoms with van der Waals surface area (Å²) in [5.41, 5.74) is 3.39. The second-order valence-corrected chi connectivity index (χ2v) is 6.64. The van der Waals surface area contributed by atoms with Gasteiger partial charge in [0.1, 0.15) is 5.75 Å². The van der Waals surface area contributed by atoms with Crippen molar-refractivity contribution in [3.63, 3.8) is 0 Å². The maximum absolute atomic E-state index is 12.2. The van der Waals surface area contributed by atoms with Gasteiger partial charge in [-0.05, 0) is 49.4 Å². The van der Waals surface area contributed by atoms with Crippen LogP contribution in [-0.2, 0) is 4.79 Å². The number of amides is 1. The van der Waals surface area contributed by atoms with E-state index in [0.717, 1.165) is 17.0 Å². The van der Waals surface area contributed by atoms with Crippen molar-refractivity contribution >= 4 is 29.0 Å². The molecule has 0 radical (unpaired) electrons. The van der Waals surface area contributed by atoms with Crippen molar-refractivity contribution in [3.8, 4) is 17.0 Å². The van der Waals surface area contributed by atoms with Crippen LogP contribution in [0.5, 0.6) is 5.75 Å². The molecule has 0 aliphatic heterocycles. The Labute approximate surface area is 166 Å². The number of carbonyl (C=O) groups is 1. The Bertz CT molecular complexity index is 1140. The number of rotatable bonds is 5. The summed E-state index contributed by atoms with van der Waals surface area (Å²) in [6.07, 6.45) is 3.64. The molecule has 0 saturated carbocycles. The van der Waals surface area contributed by atoms with Crippen molar-refractivity contribution in [1.29, 1.82) is 0 Å². The van der Waals surface area contributed by atoms with E-state index in [1.54, 1.807) is 30.5 Å². The van der Waals surface area contributed by atoms with Crippen LogP contribution >= 0.6 is 11.6 Å². The number of benzene rings is 2. The molecule has 1 N–H and O–H groups in total. The molecule has 1 amide bonds. The van der Waals surface area contributed by atoms with Gasteiger partial charge < -0.3 is 10.1 Å². The van der Waals surface area contributed by atoms with E-state index in [1.807, 2.05) is 47.9 Å². The van der Waals surface area contributed by atoms with Gasteiger partial charge in [0.05, 0.1) is 5.69 Å². The maximum atomic E-state index is 12.2. The Morgan fingerprint density at radius 3 is 2.79 bits per heavy atom. The summed E-state index contributed by atoms with van der Waals surface area (Å²) >= 11 is 5.84. The maximum Gasteiger partial charge on any atom is 0.262 e. The Balaban J connectivity index is 1.48. The monoisotopic (exact) mass is 392 g/mol. The molecule has 7 heteroatoms. The zero-order chi connectivity index (χ0) is 19.5. The minimum atomic E-state index is -0.250. The molecule has 6 nitrogen and oxygen atoms in total. The summed E-state index contributed by atoms with van der Waals surface area (Å²) in [7, 11) is 0. The van der Waals surface area contributed by atoms with Gasteiger partial charge in [-0.15, -0.1) is 0 Å². The topological polar surface area (TPSA) is 68.5 Å². The van der Waals surface area contributed by atoms with E-state index < -0.39 is 0 Å². The zero-order valence-corrected chi connectivity index (χ0v) is 15.8. The van der Waals surface area contributed by atoms with E-state index >= 15 is 0 Å². The molecule has 4 aromatic rings. The average Bonchev–Trinajstić information content (AvgIpc) is 3.05. The largest absolute Gasteiger partial charge is 0.484 e. The normalized spacial score (nSPS) is 10.8. The summed E-state index contributed by atoms with van der Waals surface area (Å²) in [6.45, 7) is 1.89. The van der Waals surface area contributed by atoms with Gasteiger partial charge in [0.2, 0.25) is 5.78 Å². The number of aryl methyl sites for hydroxylation is 1. The van der Waals surface area contributed by atoms with Crippen LogP contribution in [0.1, 0.15) is 5.69 Å². The molecular formula is C21H17ClN4O2. The van der Waals surface area contributed by atoms with Crippen LogP contribution in [0.4, 0.5) is 5.69 Å². The van der Waals surface area contributed by atoms with Gasteiger partial charge in [0.15, 0.2) is 6.61 Å². The SMILES string of the molecule is Cc1c(-c2cccc(NC(=O)COc3ccc(Cl)cc3)c2)nc2ncccn12. The van der Waals surface area contributed by atoms with Crippen molar-refractivity contribution in [3.05, 3.63) is 77.7 Å². The third-order valence-electron chi connectivity index (χ3n) is 4.25. The fourth-order valence-corrected chi connectivity index (χ4v) is 3.02. The van der Waals surface area contributed by atoms with Crippen LogP contribution in [0, 0.1) is 6.92 Å². The van der Waals surface area contributed by atoms with Gasteiger partial charge in [-0.1, -0.05) is 23.7 Å². The second-order valence-electron chi connectivity index (χ2n) is 6.21. The molecule has 140 valence electrons. The molecule has 28 heavy (non-hydrogen) atoms. The highest BCUT2D eigenvalue weighted by molar-refractivity contribution is 6.30. The van der Waals surface area contributed by atoms with Crippen molar-refractivity contribution in [1.82, 2.24) is 14.4 Å². The molecule has 4 rings (SSSR count). The molecule has 0 atom stereocenters. The molecule has 0 aliphatic rings. The van der Waals surface area contributed by atoms with Crippen LogP contribution in [0.3, 0.4) is 0 Å². The second kappa shape index (κ2) is 7.70. The number of aromatic nitrogens is 3. The summed E-state index contributed by atoms with van der Waals surface area (Å²) in [4.78, 5) is 21.1. The van der Waals surface area contributed by atoms with Crippen LogP contribution in [-0.4, -0.2) is 26.9 Å². The van der Waals surface area contributed by atoms with E-state index in [-0.39, 0.29) is 12.5 Å². The van der Waals surface area contributed by atoms with Gasteiger partial charge in [-0.3, -0.25) is 9.20 Å². The van der Waals surface area contributed by atoms with Crippen LogP contribution < -0.4 is 10.1 Å². The van der Waals surface area contributed by atoms with Crippen LogP contribution in [0.2, 0.25) is 5.02 Å². The minimum Gasteiger partial charge on any atom is -0.484 e. The molecule has 0 spiro atoms. The predicted octanol–water partition coefficient (Wildman–Crippen LogP) is 4.38. The average molecular weight is 393 g/mol. The lowest BCUT2D eigenvalue weighted by Gasteiger charge is -2.09. The number of carbonyl (C=O) groups excluding carboxylic acids is 1. The highest BCUT2D eigenvalue weighted by atomic mass is 35.5. The van der Waals surface area contributed by atoms with E-state index in [0.29, 0.717) is 22.2 Å². The number of ether oxygens (including phenoxy) is 1. The summed E-state index contributed by atoms with van der Waals surface area (Å²) in [5, 5.41) is 3.46. The van der Waals surface area contributed by atoms with Gasteiger partial charge in [-0.2, -0.15) is 0 Å². The molecule has 0 saturated heterocycles. The predicted molar refractivity (Wildman–Crippen MR) is 109 cm³/mol. The van der Waals surface area contributed by atoms with Crippen molar-refractivity contribution < 1.29 is 9.53 Å². The Hall–Kier alpha value is -3.38. The lowest BCUT2D eigenvalue weighted by Crippen LogP contribution is -2.20. The van der Waals surface area contributed by atoms with E-state index in [4.69, 9.17) is 16.3 Å². The Morgan fingerprint density at radius 2 is 2.00 bits per heavy atom. The number of imidazole rings is 1. The quantitative estimate of drug-likeness (QED) is 0.547. The minimum absolute atomic E-state index is 0.0941. The molecule has 2 aromatic heterocycles. The van der Waals surface area contributed by atoms with Crippen LogP contribution in [0.25, 0.3) is 17.0 Å². The number of hydrogen-bond acceptors (Lipinski definition) is 4. The molecule has 2 heterocycles. The fourth-order valence-electron chi connectivity index (χ4n) is 2.90. The number of halogens is 1. The molecule has 0 bridgehead atoms.